The number of rotatable bonds is 3. The first kappa shape index (κ1) is 8.71. The van der Waals surface area contributed by atoms with Crippen molar-refractivity contribution in [2.75, 3.05) is 7.05 Å². The first-order chi connectivity index (χ1) is 6.90. The van der Waals surface area contributed by atoms with Gasteiger partial charge in [-0.2, -0.15) is 10.6 Å². The Labute approximate surface area is 81.3 Å². The van der Waals surface area contributed by atoms with Crippen molar-refractivity contribution in [1.82, 2.24) is 20.2 Å². The predicted octanol–water partition coefficient (Wildman–Crippen LogP) is 0.780. The fourth-order valence-corrected chi connectivity index (χ4v) is 1.09. The smallest absolute Gasteiger partial charge is 0.165 e. The van der Waals surface area contributed by atoms with Gasteiger partial charge in [0.1, 0.15) is 0 Å². The van der Waals surface area contributed by atoms with E-state index in [0.29, 0.717) is 5.75 Å². The number of hydroxylamine groups is 1. The fourth-order valence-electron chi connectivity index (χ4n) is 1.09. The van der Waals surface area contributed by atoms with Gasteiger partial charge in [0.25, 0.3) is 0 Å². The zero-order chi connectivity index (χ0) is 9.80. The first-order valence-corrected chi connectivity index (χ1v) is 4.20. The van der Waals surface area contributed by atoms with Crippen LogP contribution in [0.5, 0.6) is 5.75 Å². The van der Waals surface area contributed by atoms with Crippen LogP contribution in [0.4, 0.5) is 0 Å². The third-order valence-electron chi connectivity index (χ3n) is 1.68. The van der Waals surface area contributed by atoms with Gasteiger partial charge in [-0.1, -0.05) is 0 Å². The summed E-state index contributed by atoms with van der Waals surface area (Å²) >= 11 is 0. The molecule has 5 nitrogen and oxygen atoms in total. The maximum Gasteiger partial charge on any atom is 0.165 e. The molecular weight excluding hydrogens is 180 g/mol. The lowest BCUT2D eigenvalue weighted by atomic mass is 10.4. The molecule has 5 heteroatoms. The molecule has 0 aromatic carbocycles. The second kappa shape index (κ2) is 3.89. The van der Waals surface area contributed by atoms with E-state index in [1.54, 1.807) is 24.1 Å². The second-order valence-corrected chi connectivity index (χ2v) is 2.61. The molecule has 0 amide bonds. The van der Waals surface area contributed by atoms with Crippen molar-refractivity contribution < 1.29 is 4.84 Å². The van der Waals surface area contributed by atoms with Gasteiger partial charge in [-0.25, -0.2) is 9.67 Å². The van der Waals surface area contributed by atoms with Crippen molar-refractivity contribution in [3.8, 4) is 11.6 Å². The van der Waals surface area contributed by atoms with Gasteiger partial charge in [-0.3, -0.25) is 0 Å². The maximum atomic E-state index is 5.04. The number of pyridine rings is 1. The standard InChI is InChI=1S/C9H10N4O/c1-10-14-8-3-4-9(11-7-8)13-6-2-5-12-13/h2-7,10H,1H3. The minimum Gasteiger partial charge on any atom is -0.407 e. The minimum atomic E-state index is 0.670. The highest BCUT2D eigenvalue weighted by molar-refractivity contribution is 5.27. The summed E-state index contributed by atoms with van der Waals surface area (Å²) in [4.78, 5) is 9.21. The maximum absolute atomic E-state index is 5.04. The van der Waals surface area contributed by atoms with Crippen molar-refractivity contribution in [2.24, 2.45) is 0 Å². The molecule has 0 spiro atoms. The number of nitrogens with one attached hydrogen (secondary N) is 1. The van der Waals surface area contributed by atoms with Crippen LogP contribution in [0.2, 0.25) is 0 Å². The highest BCUT2D eigenvalue weighted by atomic mass is 16.6. The summed E-state index contributed by atoms with van der Waals surface area (Å²) in [7, 11) is 1.70. The molecule has 0 aliphatic carbocycles. The molecule has 2 aromatic rings. The van der Waals surface area contributed by atoms with E-state index >= 15 is 0 Å². The molecule has 0 bridgehead atoms. The molecular formula is C9H10N4O. The molecule has 0 unspecified atom stereocenters. The highest BCUT2D eigenvalue weighted by Crippen LogP contribution is 2.09. The molecule has 2 heterocycles. The summed E-state index contributed by atoms with van der Waals surface area (Å²) in [5, 5.41) is 4.06. The average Bonchev–Trinajstić information content (AvgIpc) is 2.72. The minimum absolute atomic E-state index is 0.670. The molecule has 2 aromatic heterocycles. The van der Waals surface area contributed by atoms with Crippen LogP contribution in [-0.4, -0.2) is 21.8 Å². The summed E-state index contributed by atoms with van der Waals surface area (Å²) in [6.45, 7) is 0. The lowest BCUT2D eigenvalue weighted by Crippen LogP contribution is -2.11. The third kappa shape index (κ3) is 1.72. The lowest BCUT2D eigenvalue weighted by Gasteiger charge is -2.03. The third-order valence-corrected chi connectivity index (χ3v) is 1.68. The van der Waals surface area contributed by atoms with Crippen molar-refractivity contribution in [3.63, 3.8) is 0 Å². The van der Waals surface area contributed by atoms with Crippen molar-refractivity contribution in [2.45, 2.75) is 0 Å². The SMILES string of the molecule is CNOc1ccc(-n2cccn2)nc1. The Morgan fingerprint density at radius 3 is 2.93 bits per heavy atom. The van der Waals surface area contributed by atoms with Gasteiger partial charge in [-0.05, 0) is 18.2 Å². The summed E-state index contributed by atoms with van der Waals surface area (Å²) in [5.41, 5.74) is 2.58. The van der Waals surface area contributed by atoms with E-state index in [-0.39, 0.29) is 0 Å². The van der Waals surface area contributed by atoms with Crippen LogP contribution in [0.15, 0.2) is 36.8 Å². The molecule has 0 saturated heterocycles. The Balaban J connectivity index is 2.22. The number of nitrogens with zero attached hydrogens (tertiary/aromatic N) is 3. The first-order valence-electron chi connectivity index (χ1n) is 4.20. The van der Waals surface area contributed by atoms with E-state index in [4.69, 9.17) is 4.84 Å². The molecule has 0 aliphatic rings. The molecule has 0 fully saturated rings. The molecule has 0 atom stereocenters. The average molecular weight is 190 g/mol. The molecule has 0 aliphatic heterocycles. The zero-order valence-electron chi connectivity index (χ0n) is 7.71. The van der Waals surface area contributed by atoms with E-state index in [9.17, 15) is 0 Å². The Morgan fingerprint density at radius 2 is 2.36 bits per heavy atom. The molecule has 0 saturated carbocycles. The van der Waals surface area contributed by atoms with E-state index in [1.165, 1.54) is 0 Å². The van der Waals surface area contributed by atoms with Gasteiger partial charge < -0.3 is 4.84 Å². The van der Waals surface area contributed by atoms with Crippen LogP contribution in [0, 0.1) is 0 Å². The van der Waals surface area contributed by atoms with Crippen LogP contribution in [-0.2, 0) is 0 Å². The molecule has 2 rings (SSSR count). The van der Waals surface area contributed by atoms with Gasteiger partial charge in [0.15, 0.2) is 11.6 Å². The van der Waals surface area contributed by atoms with E-state index in [0.717, 1.165) is 5.82 Å². The number of hydrogen-bond acceptors (Lipinski definition) is 4. The van der Waals surface area contributed by atoms with E-state index < -0.39 is 0 Å². The summed E-state index contributed by atoms with van der Waals surface area (Å²) in [6.07, 6.45) is 5.17. The topological polar surface area (TPSA) is 52.0 Å². The molecule has 0 radical (unpaired) electrons. The van der Waals surface area contributed by atoms with Crippen molar-refractivity contribution >= 4 is 0 Å². The van der Waals surface area contributed by atoms with Crippen LogP contribution >= 0.6 is 0 Å². The van der Waals surface area contributed by atoms with E-state index in [2.05, 4.69) is 15.6 Å². The Bertz CT molecular complexity index is 382. The monoisotopic (exact) mass is 190 g/mol. The van der Waals surface area contributed by atoms with Gasteiger partial charge >= 0.3 is 0 Å². The second-order valence-electron chi connectivity index (χ2n) is 2.61. The lowest BCUT2D eigenvalue weighted by molar-refractivity contribution is 0.223. The Kier molecular flexibility index (Phi) is 2.42. The Morgan fingerprint density at radius 1 is 1.43 bits per heavy atom. The van der Waals surface area contributed by atoms with Crippen LogP contribution in [0.25, 0.3) is 5.82 Å². The van der Waals surface area contributed by atoms with Gasteiger partial charge in [0.05, 0.1) is 6.20 Å². The molecule has 14 heavy (non-hydrogen) atoms. The normalized spacial score (nSPS) is 10.1. The quantitative estimate of drug-likeness (QED) is 0.727. The van der Waals surface area contributed by atoms with Gasteiger partial charge in [-0.15, -0.1) is 0 Å². The largest absolute Gasteiger partial charge is 0.407 e. The van der Waals surface area contributed by atoms with E-state index in [1.807, 2.05) is 24.4 Å². The predicted molar refractivity (Wildman–Crippen MR) is 51.0 cm³/mol. The molecule has 1 N–H and O–H groups in total. The number of hydrogen-bond donors (Lipinski definition) is 1. The Hall–Kier alpha value is -1.88. The fraction of sp³-hybridized carbons (Fsp3) is 0.111. The zero-order valence-corrected chi connectivity index (χ0v) is 7.71. The highest BCUT2D eigenvalue weighted by Gasteiger charge is 1.98. The summed E-state index contributed by atoms with van der Waals surface area (Å²) < 4.78 is 1.68. The van der Waals surface area contributed by atoms with Crippen molar-refractivity contribution in [1.29, 1.82) is 0 Å². The number of aromatic nitrogens is 3. The van der Waals surface area contributed by atoms with Crippen LogP contribution < -0.4 is 10.3 Å². The summed E-state index contributed by atoms with van der Waals surface area (Å²) in [6, 6.07) is 5.50. The van der Waals surface area contributed by atoms with Gasteiger partial charge in [0, 0.05) is 19.4 Å². The van der Waals surface area contributed by atoms with Crippen molar-refractivity contribution in [3.05, 3.63) is 36.8 Å². The van der Waals surface area contributed by atoms with Crippen LogP contribution in [0.1, 0.15) is 0 Å². The van der Waals surface area contributed by atoms with Crippen LogP contribution in [0.3, 0.4) is 0 Å². The summed E-state index contributed by atoms with van der Waals surface area (Å²) in [5.74, 6) is 1.43. The van der Waals surface area contributed by atoms with Gasteiger partial charge in [0.2, 0.25) is 0 Å². The molecule has 72 valence electrons.